The van der Waals surface area contributed by atoms with Gasteiger partial charge >= 0.3 is 0 Å². The zero-order valence-corrected chi connectivity index (χ0v) is 21.1. The Morgan fingerprint density at radius 2 is 1.84 bits per heavy atom. The summed E-state index contributed by atoms with van der Waals surface area (Å²) in [5.74, 6) is -0.998. The molecule has 4 aromatic rings. The van der Waals surface area contributed by atoms with Crippen LogP contribution < -0.4 is 0 Å². The highest BCUT2D eigenvalue weighted by Gasteiger charge is 2.65. The summed E-state index contributed by atoms with van der Waals surface area (Å²) in [7, 11) is 0. The van der Waals surface area contributed by atoms with Gasteiger partial charge in [0.1, 0.15) is 11.6 Å². The van der Waals surface area contributed by atoms with Crippen LogP contribution >= 0.6 is 0 Å². The molecule has 190 valence electrons. The highest BCUT2D eigenvalue weighted by molar-refractivity contribution is 5.65. The molecule has 2 aliphatic carbocycles. The zero-order chi connectivity index (χ0) is 25.9. The number of nitrogens with zero attached hydrogens (tertiary/aromatic N) is 5. The molecule has 6 nitrogen and oxygen atoms in total. The largest absolute Gasteiger partial charge is 0.396 e. The number of aliphatic hydroxyl groups is 1. The third kappa shape index (κ3) is 3.45. The maximum atomic E-state index is 14.5. The molecule has 0 aliphatic heterocycles. The van der Waals surface area contributed by atoms with Crippen molar-refractivity contribution in [3.05, 3.63) is 83.4 Å². The van der Waals surface area contributed by atoms with Crippen LogP contribution in [0.15, 0.2) is 54.9 Å². The Bertz CT molecular complexity index is 1480. The number of aromatic nitrogens is 5. The lowest BCUT2D eigenvalue weighted by atomic mass is 9.66. The number of rotatable bonds is 6. The predicted octanol–water partition coefficient (Wildman–Crippen LogP) is 5.51. The monoisotopic (exact) mass is 501 g/mol. The van der Waals surface area contributed by atoms with Gasteiger partial charge in [-0.2, -0.15) is 10.2 Å². The molecule has 8 heteroatoms. The second kappa shape index (κ2) is 8.52. The van der Waals surface area contributed by atoms with Gasteiger partial charge in [-0.25, -0.2) is 8.78 Å². The molecule has 0 spiro atoms. The van der Waals surface area contributed by atoms with Crippen molar-refractivity contribution in [1.82, 2.24) is 25.0 Å². The predicted molar refractivity (Wildman–Crippen MR) is 136 cm³/mol. The first kappa shape index (κ1) is 23.9. The van der Waals surface area contributed by atoms with Crippen LogP contribution in [0.1, 0.15) is 56.5 Å². The van der Waals surface area contributed by atoms with Gasteiger partial charge in [-0.1, -0.05) is 32.9 Å². The van der Waals surface area contributed by atoms with Gasteiger partial charge in [0.25, 0.3) is 0 Å². The minimum atomic E-state index is -0.644. The maximum absolute atomic E-state index is 14.5. The molecule has 0 saturated heterocycles. The second-order valence-corrected chi connectivity index (χ2v) is 11.0. The van der Waals surface area contributed by atoms with E-state index in [0.29, 0.717) is 6.54 Å². The Kier molecular flexibility index (Phi) is 5.49. The average molecular weight is 502 g/mol. The summed E-state index contributed by atoms with van der Waals surface area (Å²) < 4.78 is 30.9. The van der Waals surface area contributed by atoms with Gasteiger partial charge in [0, 0.05) is 24.9 Å². The smallest absolute Gasteiger partial charge is 0.135 e. The standard InChI is InChI=1S/C29H29F2N5O/c1-17(16-37)14-36-15-18(13-32-36)23-8-5-9-25(33-23)29-11-10-20(28(29,2)3)19-12-24(34-35-27(19)29)26-21(30)6-4-7-22(26)31/h4-9,12-13,15,17,20,37H,10-11,14,16H2,1-3H3/t17-,20-,29-/m0/s1. The molecule has 6 rings (SSSR count). The molecule has 1 fully saturated rings. The third-order valence-corrected chi connectivity index (χ3v) is 8.53. The average Bonchev–Trinajstić information content (AvgIpc) is 3.51. The summed E-state index contributed by atoms with van der Waals surface area (Å²) in [4.78, 5) is 5.12. The van der Waals surface area contributed by atoms with Crippen molar-refractivity contribution in [2.45, 2.75) is 51.5 Å². The number of aliphatic hydroxyl groups excluding tert-OH is 1. The third-order valence-electron chi connectivity index (χ3n) is 8.53. The number of benzene rings is 1. The van der Waals surface area contributed by atoms with Crippen molar-refractivity contribution in [2.75, 3.05) is 6.61 Å². The first-order chi connectivity index (χ1) is 17.8. The molecule has 2 bridgehead atoms. The van der Waals surface area contributed by atoms with E-state index < -0.39 is 17.0 Å². The molecular weight excluding hydrogens is 472 g/mol. The fourth-order valence-electron chi connectivity index (χ4n) is 6.56. The van der Waals surface area contributed by atoms with Gasteiger partial charge in [-0.05, 0) is 66.0 Å². The van der Waals surface area contributed by atoms with Crippen molar-refractivity contribution in [2.24, 2.45) is 11.3 Å². The van der Waals surface area contributed by atoms with Crippen LogP contribution in [-0.4, -0.2) is 36.7 Å². The fourth-order valence-corrected chi connectivity index (χ4v) is 6.56. The summed E-state index contributed by atoms with van der Waals surface area (Å²) in [6.45, 7) is 7.18. The van der Waals surface area contributed by atoms with Crippen LogP contribution in [0.25, 0.3) is 22.5 Å². The van der Waals surface area contributed by atoms with Gasteiger partial charge in [0.05, 0.1) is 40.0 Å². The first-order valence-corrected chi connectivity index (χ1v) is 12.7. The molecular formula is C29H29F2N5O. The molecule has 1 aromatic carbocycles. The van der Waals surface area contributed by atoms with Crippen molar-refractivity contribution < 1.29 is 13.9 Å². The highest BCUT2D eigenvalue weighted by Crippen LogP contribution is 2.69. The summed E-state index contributed by atoms with van der Waals surface area (Å²) in [5.41, 5.74) is 3.93. The van der Waals surface area contributed by atoms with E-state index in [1.807, 2.05) is 42.1 Å². The minimum Gasteiger partial charge on any atom is -0.396 e. The summed E-state index contributed by atoms with van der Waals surface area (Å²) in [6.07, 6.45) is 5.57. The van der Waals surface area contributed by atoms with Gasteiger partial charge < -0.3 is 5.11 Å². The van der Waals surface area contributed by atoms with Gasteiger partial charge in [-0.3, -0.25) is 9.67 Å². The minimum absolute atomic E-state index is 0.105. The van der Waals surface area contributed by atoms with E-state index >= 15 is 0 Å². The highest BCUT2D eigenvalue weighted by atomic mass is 19.1. The molecule has 0 radical (unpaired) electrons. The molecule has 1 N–H and O–H groups in total. The van der Waals surface area contributed by atoms with E-state index in [-0.39, 0.29) is 35.1 Å². The molecule has 2 aliphatic rings. The van der Waals surface area contributed by atoms with Crippen LogP contribution in [-0.2, 0) is 12.0 Å². The number of hydrogen-bond donors (Lipinski definition) is 1. The normalized spacial score (nSPS) is 22.3. The summed E-state index contributed by atoms with van der Waals surface area (Å²) >= 11 is 0. The lowest BCUT2D eigenvalue weighted by molar-refractivity contribution is 0.219. The number of halogens is 2. The van der Waals surface area contributed by atoms with E-state index in [4.69, 9.17) is 4.98 Å². The Morgan fingerprint density at radius 3 is 2.59 bits per heavy atom. The topological polar surface area (TPSA) is 76.7 Å². The van der Waals surface area contributed by atoms with E-state index in [9.17, 15) is 13.9 Å². The molecule has 0 unspecified atom stereocenters. The molecule has 37 heavy (non-hydrogen) atoms. The van der Waals surface area contributed by atoms with Gasteiger partial charge in [-0.15, -0.1) is 5.10 Å². The zero-order valence-electron chi connectivity index (χ0n) is 21.1. The van der Waals surface area contributed by atoms with Crippen molar-refractivity contribution >= 4 is 0 Å². The van der Waals surface area contributed by atoms with E-state index in [2.05, 4.69) is 29.1 Å². The van der Waals surface area contributed by atoms with Crippen molar-refractivity contribution in [3.8, 4) is 22.5 Å². The Balaban J connectivity index is 1.43. The fraction of sp³-hybridized carbons (Fsp3) is 0.379. The van der Waals surface area contributed by atoms with E-state index in [1.165, 1.54) is 18.2 Å². The van der Waals surface area contributed by atoms with Crippen LogP contribution in [0.3, 0.4) is 0 Å². The van der Waals surface area contributed by atoms with E-state index in [0.717, 1.165) is 41.1 Å². The summed E-state index contributed by atoms with van der Waals surface area (Å²) in [6, 6.07) is 11.7. The van der Waals surface area contributed by atoms with Crippen LogP contribution in [0.4, 0.5) is 8.78 Å². The molecule has 1 saturated carbocycles. The SMILES string of the molecule is C[C@H](CO)Cn1cc(-c2cccc([C@@]34CC[C@@H](c5cc(-c6c(F)cccc6F)nnc53)C4(C)C)n2)cn1. The lowest BCUT2D eigenvalue weighted by Crippen LogP contribution is -2.37. The van der Waals surface area contributed by atoms with E-state index in [1.54, 1.807) is 6.20 Å². The van der Waals surface area contributed by atoms with Crippen molar-refractivity contribution in [1.29, 1.82) is 0 Å². The summed E-state index contributed by atoms with van der Waals surface area (Å²) in [5, 5.41) is 22.8. The quantitative estimate of drug-likeness (QED) is 0.377. The van der Waals surface area contributed by atoms with Crippen molar-refractivity contribution in [3.63, 3.8) is 0 Å². The van der Waals surface area contributed by atoms with Crippen LogP contribution in [0, 0.1) is 23.0 Å². The molecule has 3 aromatic heterocycles. The molecule has 0 amide bonds. The first-order valence-electron chi connectivity index (χ1n) is 12.7. The Labute approximate surface area is 214 Å². The number of pyridine rings is 1. The van der Waals surface area contributed by atoms with Crippen LogP contribution in [0.5, 0.6) is 0 Å². The Hall–Kier alpha value is -3.52. The van der Waals surface area contributed by atoms with Gasteiger partial charge in [0.15, 0.2) is 0 Å². The number of fused-ring (bicyclic) bond motifs is 5. The Morgan fingerprint density at radius 1 is 1.08 bits per heavy atom. The second-order valence-electron chi connectivity index (χ2n) is 11.0. The molecule has 3 atom stereocenters. The number of hydrogen-bond acceptors (Lipinski definition) is 5. The van der Waals surface area contributed by atoms with Crippen LogP contribution in [0.2, 0.25) is 0 Å². The molecule has 3 heterocycles. The lowest BCUT2D eigenvalue weighted by Gasteiger charge is -2.37. The van der Waals surface area contributed by atoms with Gasteiger partial charge in [0.2, 0.25) is 0 Å². The maximum Gasteiger partial charge on any atom is 0.135 e.